The van der Waals surface area contributed by atoms with E-state index in [0.717, 1.165) is 11.6 Å². The van der Waals surface area contributed by atoms with Gasteiger partial charge in [-0.3, -0.25) is 4.79 Å². The Morgan fingerprint density at radius 1 is 1.12 bits per heavy atom. The molecule has 3 atom stereocenters. The zero-order chi connectivity index (χ0) is 18.7. The number of amides is 1. The molecular formula is C20H18F2N2O2. The fourth-order valence-corrected chi connectivity index (χ4v) is 3.33. The first-order valence-corrected chi connectivity index (χ1v) is 8.33. The van der Waals surface area contributed by atoms with Crippen LogP contribution in [-0.4, -0.2) is 11.9 Å². The lowest BCUT2D eigenvalue weighted by atomic mass is 9.90. The monoisotopic (exact) mass is 356 g/mol. The predicted octanol–water partition coefficient (Wildman–Crippen LogP) is 3.93. The van der Waals surface area contributed by atoms with Gasteiger partial charge in [0.15, 0.2) is 0 Å². The molecule has 0 unspecified atom stereocenters. The zero-order valence-corrected chi connectivity index (χ0v) is 14.2. The van der Waals surface area contributed by atoms with Crippen LogP contribution in [0.5, 0.6) is 0 Å². The second-order valence-corrected chi connectivity index (χ2v) is 6.42. The molecule has 2 aromatic rings. The van der Waals surface area contributed by atoms with Crippen LogP contribution < -0.4 is 5.32 Å². The summed E-state index contributed by atoms with van der Waals surface area (Å²) < 4.78 is 33.3. The van der Waals surface area contributed by atoms with Crippen molar-refractivity contribution in [2.45, 2.75) is 38.0 Å². The summed E-state index contributed by atoms with van der Waals surface area (Å²) in [4.78, 5) is 11.5. The van der Waals surface area contributed by atoms with Crippen molar-refractivity contribution >= 4 is 5.91 Å². The summed E-state index contributed by atoms with van der Waals surface area (Å²) in [5.41, 5.74) is 1.68. The van der Waals surface area contributed by atoms with Crippen molar-refractivity contribution in [1.82, 2.24) is 5.32 Å². The standard InChI is InChI=1S/C20H18F2N2O2/c1-12(25)24-18-9-19(14-4-2-3-13(5-14)11-23)26-20(10-18)15-6-16(21)8-17(22)7-15/h2-8,18-20H,9-10H2,1H3,(H,24,25)/t18-,19-,20+/m1/s1. The Labute approximate surface area is 150 Å². The molecule has 0 aliphatic carbocycles. The third-order valence-corrected chi connectivity index (χ3v) is 4.38. The molecule has 3 rings (SSSR count). The predicted molar refractivity (Wildman–Crippen MR) is 90.9 cm³/mol. The number of halogens is 2. The first kappa shape index (κ1) is 18.0. The summed E-state index contributed by atoms with van der Waals surface area (Å²) in [5, 5.41) is 12.0. The number of carbonyl (C=O) groups is 1. The SMILES string of the molecule is CC(=O)N[C@H]1C[C@@H](c2cc(F)cc(F)c2)O[C@@H](c2cccc(C#N)c2)C1. The van der Waals surface area contributed by atoms with Gasteiger partial charge in [-0.1, -0.05) is 12.1 Å². The summed E-state index contributed by atoms with van der Waals surface area (Å²) in [5.74, 6) is -1.52. The molecule has 6 heteroatoms. The molecule has 134 valence electrons. The van der Waals surface area contributed by atoms with Gasteiger partial charge in [-0.2, -0.15) is 5.26 Å². The maximum Gasteiger partial charge on any atom is 0.217 e. The molecule has 4 nitrogen and oxygen atoms in total. The fraction of sp³-hybridized carbons (Fsp3) is 0.300. The number of nitrogens with zero attached hydrogens (tertiary/aromatic N) is 1. The van der Waals surface area contributed by atoms with Gasteiger partial charge >= 0.3 is 0 Å². The van der Waals surface area contributed by atoms with Gasteiger partial charge in [0, 0.05) is 19.0 Å². The molecule has 1 saturated heterocycles. The molecule has 0 radical (unpaired) electrons. The van der Waals surface area contributed by atoms with Gasteiger partial charge in [-0.25, -0.2) is 8.78 Å². The Bertz CT molecular complexity index is 843. The van der Waals surface area contributed by atoms with Crippen LogP contribution in [0.1, 0.15) is 48.7 Å². The molecule has 1 aliphatic rings. The van der Waals surface area contributed by atoms with Crippen LogP contribution in [0.25, 0.3) is 0 Å². The van der Waals surface area contributed by atoms with Gasteiger partial charge < -0.3 is 10.1 Å². The molecule has 1 heterocycles. The summed E-state index contributed by atoms with van der Waals surface area (Å²) >= 11 is 0. The summed E-state index contributed by atoms with van der Waals surface area (Å²) in [7, 11) is 0. The average Bonchev–Trinajstić information content (AvgIpc) is 2.60. The van der Waals surface area contributed by atoms with Gasteiger partial charge in [-0.05, 0) is 48.2 Å². The Morgan fingerprint density at radius 3 is 2.38 bits per heavy atom. The van der Waals surface area contributed by atoms with Gasteiger partial charge in [0.1, 0.15) is 11.6 Å². The molecular weight excluding hydrogens is 338 g/mol. The largest absolute Gasteiger partial charge is 0.365 e. The topological polar surface area (TPSA) is 62.1 Å². The molecule has 0 aromatic heterocycles. The molecule has 1 fully saturated rings. The van der Waals surface area contributed by atoms with Crippen LogP contribution in [0.3, 0.4) is 0 Å². The molecule has 1 N–H and O–H groups in total. The molecule has 0 saturated carbocycles. The molecule has 26 heavy (non-hydrogen) atoms. The summed E-state index contributed by atoms with van der Waals surface area (Å²) in [6.45, 7) is 1.43. The second kappa shape index (κ2) is 7.63. The minimum absolute atomic E-state index is 0.175. The van der Waals surface area contributed by atoms with Crippen LogP contribution in [-0.2, 0) is 9.53 Å². The number of benzene rings is 2. The lowest BCUT2D eigenvalue weighted by molar-refractivity contribution is -0.122. The highest BCUT2D eigenvalue weighted by Gasteiger charge is 2.32. The fourth-order valence-electron chi connectivity index (χ4n) is 3.33. The summed E-state index contributed by atoms with van der Waals surface area (Å²) in [6.07, 6.45) is -0.0357. The van der Waals surface area contributed by atoms with Gasteiger partial charge in [0.2, 0.25) is 5.91 Å². The number of nitrogens with one attached hydrogen (secondary N) is 1. The van der Waals surface area contributed by atoms with Crippen molar-refractivity contribution in [3.8, 4) is 6.07 Å². The number of ether oxygens (including phenoxy) is 1. The van der Waals surface area contributed by atoms with E-state index in [1.165, 1.54) is 19.1 Å². The molecule has 0 bridgehead atoms. The minimum Gasteiger partial charge on any atom is -0.365 e. The van der Waals surface area contributed by atoms with Crippen LogP contribution in [0, 0.1) is 23.0 Å². The van der Waals surface area contributed by atoms with Gasteiger partial charge in [0.05, 0.1) is 23.8 Å². The van der Waals surface area contributed by atoms with E-state index in [-0.39, 0.29) is 11.9 Å². The van der Waals surface area contributed by atoms with Crippen molar-refractivity contribution in [2.24, 2.45) is 0 Å². The highest BCUT2D eigenvalue weighted by Crippen LogP contribution is 2.39. The van der Waals surface area contributed by atoms with E-state index in [9.17, 15) is 13.6 Å². The van der Waals surface area contributed by atoms with Crippen molar-refractivity contribution in [3.05, 3.63) is 70.8 Å². The van der Waals surface area contributed by atoms with Crippen LogP contribution in [0.2, 0.25) is 0 Å². The maximum absolute atomic E-state index is 13.6. The smallest absolute Gasteiger partial charge is 0.217 e. The van der Waals surface area contributed by atoms with E-state index in [1.807, 2.05) is 6.07 Å². The summed E-state index contributed by atoms with van der Waals surface area (Å²) in [6, 6.07) is 12.2. The lowest BCUT2D eigenvalue weighted by Gasteiger charge is -2.36. The van der Waals surface area contributed by atoms with Crippen molar-refractivity contribution in [3.63, 3.8) is 0 Å². The Hall–Kier alpha value is -2.78. The van der Waals surface area contributed by atoms with Crippen molar-refractivity contribution in [1.29, 1.82) is 5.26 Å². The Morgan fingerprint density at radius 2 is 1.77 bits per heavy atom. The number of nitriles is 1. The van der Waals surface area contributed by atoms with Gasteiger partial charge in [0.25, 0.3) is 0 Å². The lowest BCUT2D eigenvalue weighted by Crippen LogP contribution is -2.39. The maximum atomic E-state index is 13.6. The zero-order valence-electron chi connectivity index (χ0n) is 14.2. The number of rotatable bonds is 3. The van der Waals surface area contributed by atoms with Crippen molar-refractivity contribution in [2.75, 3.05) is 0 Å². The number of hydrogen-bond acceptors (Lipinski definition) is 3. The average molecular weight is 356 g/mol. The number of carbonyl (C=O) groups excluding carboxylic acids is 1. The quantitative estimate of drug-likeness (QED) is 0.906. The first-order valence-electron chi connectivity index (χ1n) is 8.33. The van der Waals surface area contributed by atoms with Crippen LogP contribution >= 0.6 is 0 Å². The van der Waals surface area contributed by atoms with E-state index < -0.39 is 23.8 Å². The van der Waals surface area contributed by atoms with E-state index in [4.69, 9.17) is 10.00 Å². The first-order chi connectivity index (χ1) is 12.4. The third-order valence-electron chi connectivity index (χ3n) is 4.38. The second-order valence-electron chi connectivity index (χ2n) is 6.42. The van der Waals surface area contributed by atoms with E-state index in [1.54, 1.807) is 18.2 Å². The Kier molecular flexibility index (Phi) is 5.29. The van der Waals surface area contributed by atoms with Gasteiger partial charge in [-0.15, -0.1) is 0 Å². The van der Waals surface area contributed by atoms with E-state index in [2.05, 4.69) is 11.4 Å². The third kappa shape index (κ3) is 4.24. The molecule has 1 aliphatic heterocycles. The van der Waals surface area contributed by atoms with E-state index in [0.29, 0.717) is 24.0 Å². The minimum atomic E-state index is -0.673. The molecule has 1 amide bonds. The number of hydrogen-bond donors (Lipinski definition) is 1. The highest BCUT2D eigenvalue weighted by molar-refractivity contribution is 5.73. The normalized spacial score (nSPS) is 22.5. The van der Waals surface area contributed by atoms with E-state index >= 15 is 0 Å². The molecule has 2 aromatic carbocycles. The van der Waals surface area contributed by atoms with Crippen LogP contribution in [0.4, 0.5) is 8.78 Å². The molecule has 0 spiro atoms. The van der Waals surface area contributed by atoms with Crippen LogP contribution in [0.15, 0.2) is 42.5 Å². The Balaban J connectivity index is 1.92. The highest BCUT2D eigenvalue weighted by atomic mass is 19.1. The van der Waals surface area contributed by atoms with Crippen molar-refractivity contribution < 1.29 is 18.3 Å².